The number of rotatable bonds is 2. The number of carbonyl (C=O) groups excluding carboxylic acids is 1. The van der Waals surface area contributed by atoms with Crippen molar-refractivity contribution in [1.82, 2.24) is 0 Å². The lowest BCUT2D eigenvalue weighted by atomic mass is 10.5. The molecule has 0 saturated carbocycles. The van der Waals surface area contributed by atoms with Gasteiger partial charge in [0.2, 0.25) is 6.29 Å². The van der Waals surface area contributed by atoms with E-state index in [1.807, 2.05) is 6.29 Å². The summed E-state index contributed by atoms with van der Waals surface area (Å²) in [6.45, 7) is 0.877. The van der Waals surface area contributed by atoms with Crippen LogP contribution in [0.25, 0.3) is 0 Å². The molecule has 1 aliphatic heterocycles. The molecule has 1 radical (unpaired) electrons. The van der Waals surface area contributed by atoms with Gasteiger partial charge in [0.25, 0.3) is 0 Å². The molecule has 0 saturated heterocycles. The molecule has 0 fully saturated rings. The molecule has 0 unspecified atom stereocenters. The monoisotopic (exact) mass is 128 g/mol. The molecule has 8 heavy (non-hydrogen) atoms. The molecule has 0 aliphatic carbocycles. The zero-order valence-corrected chi connectivity index (χ0v) is 5.20. The molecular formula is C5H6NOS. The molecule has 3 heteroatoms. The number of hydrogen-bond donors (Lipinski definition) is 0. The summed E-state index contributed by atoms with van der Waals surface area (Å²) in [7, 11) is 0. The molecular weight excluding hydrogens is 122 g/mol. The van der Waals surface area contributed by atoms with Crippen molar-refractivity contribution in [3.8, 4) is 0 Å². The molecule has 2 nitrogen and oxygen atoms in total. The van der Waals surface area contributed by atoms with Crippen LogP contribution in [0.5, 0.6) is 0 Å². The first-order chi connectivity index (χ1) is 3.93. The van der Waals surface area contributed by atoms with E-state index in [0.717, 1.165) is 17.3 Å². The van der Waals surface area contributed by atoms with Crippen molar-refractivity contribution in [2.24, 2.45) is 4.99 Å². The first-order valence-electron chi connectivity index (χ1n) is 2.44. The molecule has 0 N–H and O–H groups in total. The lowest BCUT2D eigenvalue weighted by Gasteiger charge is -1.84. The van der Waals surface area contributed by atoms with Gasteiger partial charge in [0.1, 0.15) is 0 Å². The summed E-state index contributed by atoms with van der Waals surface area (Å²) in [6.07, 6.45) is 2.20. The molecule has 1 heterocycles. The Labute approximate surface area is 52.4 Å². The quantitative estimate of drug-likeness (QED) is 0.546. The van der Waals surface area contributed by atoms with Gasteiger partial charge in [-0.2, -0.15) is 0 Å². The van der Waals surface area contributed by atoms with Gasteiger partial charge in [0.05, 0.1) is 11.5 Å². The van der Waals surface area contributed by atoms with Crippen LogP contribution >= 0.6 is 11.8 Å². The Hall–Kier alpha value is -0.310. The van der Waals surface area contributed by atoms with Crippen LogP contribution in [0.1, 0.15) is 6.42 Å². The fourth-order valence-corrected chi connectivity index (χ4v) is 1.31. The first kappa shape index (κ1) is 5.82. The second-order valence-corrected chi connectivity index (χ2v) is 2.61. The van der Waals surface area contributed by atoms with Gasteiger partial charge in [0.15, 0.2) is 0 Å². The largest absolute Gasteiger partial charge is 0.290 e. The maximum atomic E-state index is 9.74. The van der Waals surface area contributed by atoms with Crippen molar-refractivity contribution < 1.29 is 4.79 Å². The van der Waals surface area contributed by atoms with Crippen LogP contribution in [0, 0.1) is 0 Å². The van der Waals surface area contributed by atoms with Crippen LogP contribution in [0.15, 0.2) is 4.99 Å². The van der Waals surface area contributed by atoms with Crippen LogP contribution < -0.4 is 0 Å². The summed E-state index contributed by atoms with van der Waals surface area (Å²) >= 11 is 1.65. The molecule has 0 bridgehead atoms. The van der Waals surface area contributed by atoms with E-state index < -0.39 is 0 Å². The lowest BCUT2D eigenvalue weighted by molar-refractivity contribution is 0.557. The zero-order valence-electron chi connectivity index (χ0n) is 4.39. The lowest BCUT2D eigenvalue weighted by Crippen LogP contribution is -1.86. The summed E-state index contributed by atoms with van der Waals surface area (Å²) in [4.78, 5) is 13.8. The van der Waals surface area contributed by atoms with Gasteiger partial charge in [0, 0.05) is 12.3 Å². The van der Waals surface area contributed by atoms with Crippen molar-refractivity contribution in [1.29, 1.82) is 0 Å². The Morgan fingerprint density at radius 3 is 3.25 bits per heavy atom. The van der Waals surface area contributed by atoms with E-state index >= 15 is 0 Å². The summed E-state index contributed by atoms with van der Waals surface area (Å²) in [6, 6.07) is 0. The van der Waals surface area contributed by atoms with Crippen molar-refractivity contribution in [3.63, 3.8) is 0 Å². The normalized spacial score (nSPS) is 18.2. The maximum absolute atomic E-state index is 9.74. The van der Waals surface area contributed by atoms with Crippen molar-refractivity contribution in [2.45, 2.75) is 6.42 Å². The molecule has 0 spiro atoms. The average molecular weight is 128 g/mol. The summed E-state index contributed by atoms with van der Waals surface area (Å²) in [5.74, 6) is 1.04. The third kappa shape index (κ3) is 1.33. The van der Waals surface area contributed by atoms with E-state index in [0.29, 0.717) is 6.42 Å². The highest BCUT2D eigenvalue weighted by Crippen LogP contribution is 2.12. The Balaban J connectivity index is 2.33. The first-order valence-corrected chi connectivity index (χ1v) is 3.43. The van der Waals surface area contributed by atoms with Gasteiger partial charge in [-0.15, -0.1) is 11.8 Å². The Bertz CT molecular complexity index is 122. The predicted octanol–water partition coefficient (Wildman–Crippen LogP) is 0.631. The number of nitrogens with zero attached hydrogens (tertiary/aromatic N) is 1. The number of hydrogen-bond acceptors (Lipinski definition) is 3. The van der Waals surface area contributed by atoms with Gasteiger partial charge in [-0.25, -0.2) is 0 Å². The summed E-state index contributed by atoms with van der Waals surface area (Å²) in [5.41, 5.74) is 0. The van der Waals surface area contributed by atoms with Crippen molar-refractivity contribution in [3.05, 3.63) is 0 Å². The maximum Gasteiger partial charge on any atom is 0.205 e. The van der Waals surface area contributed by atoms with E-state index in [1.54, 1.807) is 11.8 Å². The Morgan fingerprint density at radius 2 is 2.75 bits per heavy atom. The second kappa shape index (κ2) is 2.87. The van der Waals surface area contributed by atoms with Crippen LogP contribution in [-0.2, 0) is 4.79 Å². The van der Waals surface area contributed by atoms with Crippen molar-refractivity contribution in [2.75, 3.05) is 12.3 Å². The topological polar surface area (TPSA) is 29.4 Å². The van der Waals surface area contributed by atoms with Crippen LogP contribution in [0.2, 0.25) is 0 Å². The standard InChI is InChI=1S/C5H6NOS/c7-3-1-5-6-2-4-8-5/h1-2,4H2. The van der Waals surface area contributed by atoms with E-state index in [9.17, 15) is 4.79 Å². The molecule has 0 amide bonds. The summed E-state index contributed by atoms with van der Waals surface area (Å²) < 4.78 is 0. The minimum atomic E-state index is 0.394. The molecule has 43 valence electrons. The fourth-order valence-electron chi connectivity index (χ4n) is 0.548. The Kier molecular flexibility index (Phi) is 2.09. The van der Waals surface area contributed by atoms with Gasteiger partial charge < -0.3 is 0 Å². The van der Waals surface area contributed by atoms with Crippen molar-refractivity contribution >= 4 is 23.1 Å². The minimum Gasteiger partial charge on any atom is -0.290 e. The highest BCUT2D eigenvalue weighted by Gasteiger charge is 2.04. The van der Waals surface area contributed by atoms with Crippen LogP contribution in [-0.4, -0.2) is 23.6 Å². The molecule has 1 rings (SSSR count). The highest BCUT2D eigenvalue weighted by atomic mass is 32.2. The van der Waals surface area contributed by atoms with E-state index in [-0.39, 0.29) is 0 Å². The minimum absolute atomic E-state index is 0.394. The van der Waals surface area contributed by atoms with Gasteiger partial charge in [-0.3, -0.25) is 9.79 Å². The third-order valence-corrected chi connectivity index (χ3v) is 1.86. The van der Waals surface area contributed by atoms with E-state index in [1.165, 1.54) is 0 Å². The zero-order chi connectivity index (χ0) is 5.82. The Morgan fingerprint density at radius 1 is 1.88 bits per heavy atom. The second-order valence-electron chi connectivity index (χ2n) is 1.45. The van der Waals surface area contributed by atoms with Gasteiger partial charge >= 0.3 is 0 Å². The molecule has 1 aliphatic rings. The average Bonchev–Trinajstić information content (AvgIpc) is 2.19. The molecule has 0 atom stereocenters. The molecule has 0 aromatic carbocycles. The third-order valence-electron chi connectivity index (χ3n) is 0.872. The van der Waals surface area contributed by atoms with Gasteiger partial charge in [-0.1, -0.05) is 0 Å². The van der Waals surface area contributed by atoms with E-state index in [2.05, 4.69) is 4.99 Å². The van der Waals surface area contributed by atoms with Gasteiger partial charge in [-0.05, 0) is 0 Å². The van der Waals surface area contributed by atoms with Crippen LogP contribution in [0.3, 0.4) is 0 Å². The molecule has 0 aromatic rings. The van der Waals surface area contributed by atoms with E-state index in [4.69, 9.17) is 0 Å². The number of thioether (sulfide) groups is 1. The smallest absolute Gasteiger partial charge is 0.205 e. The highest BCUT2D eigenvalue weighted by molar-refractivity contribution is 8.14. The molecule has 0 aromatic heterocycles. The SMILES string of the molecule is O=[C]CC1=NCCS1. The fraction of sp³-hybridized carbons (Fsp3) is 0.600. The predicted molar refractivity (Wildman–Crippen MR) is 35.1 cm³/mol. The summed E-state index contributed by atoms with van der Waals surface area (Å²) in [5, 5.41) is 0.944. The number of aliphatic imine (C=N–C) groups is 1. The van der Waals surface area contributed by atoms with Crippen LogP contribution in [0.4, 0.5) is 0 Å².